The fraction of sp³-hybridized carbons (Fsp3) is 0.188. The van der Waals surface area contributed by atoms with E-state index in [9.17, 15) is 9.59 Å². The van der Waals surface area contributed by atoms with Gasteiger partial charge in [0.2, 0.25) is 0 Å². The highest BCUT2D eigenvalue weighted by atomic mass is 32.1. The molecule has 0 aliphatic rings. The number of carbonyl (C=O) groups is 1. The van der Waals surface area contributed by atoms with Gasteiger partial charge in [0.1, 0.15) is 0 Å². The molecule has 1 aromatic carbocycles. The van der Waals surface area contributed by atoms with E-state index < -0.39 is 0 Å². The fourth-order valence-electron chi connectivity index (χ4n) is 2.19. The maximum absolute atomic E-state index is 11.8. The molecule has 2 amide bonds. The summed E-state index contributed by atoms with van der Waals surface area (Å²) in [6, 6.07) is 9.04. The lowest BCUT2D eigenvalue weighted by Gasteiger charge is -2.02. The second kappa shape index (κ2) is 6.21. The van der Waals surface area contributed by atoms with Crippen LogP contribution in [0, 0.1) is 0 Å². The van der Waals surface area contributed by atoms with Gasteiger partial charge >= 0.3 is 6.03 Å². The highest BCUT2D eigenvalue weighted by molar-refractivity contribution is 7.22. The molecule has 0 bridgehead atoms. The minimum absolute atomic E-state index is 0.0560. The van der Waals surface area contributed by atoms with Gasteiger partial charge in [-0.2, -0.15) is 0 Å². The van der Waals surface area contributed by atoms with Crippen molar-refractivity contribution < 1.29 is 4.79 Å². The summed E-state index contributed by atoms with van der Waals surface area (Å²) in [6.45, 7) is 2.41. The topological polar surface area (TPSA) is 76.0 Å². The van der Waals surface area contributed by atoms with Gasteiger partial charge in [-0.25, -0.2) is 9.78 Å². The standard InChI is InChI=1S/C16H16N4O2S/c1-3-17-15(22)19-16-18-12-8-10(4-5-13(12)23-16)11-6-7-20(2)14(21)9-11/h4-9H,3H2,1-2H3,(H2,17,18,19,22). The molecule has 2 aromatic heterocycles. The molecule has 0 unspecified atom stereocenters. The van der Waals surface area contributed by atoms with Gasteiger partial charge in [0.25, 0.3) is 5.56 Å². The molecule has 0 fully saturated rings. The quantitative estimate of drug-likeness (QED) is 0.776. The molecule has 0 atom stereocenters. The zero-order valence-corrected chi connectivity index (χ0v) is 13.6. The number of aryl methyl sites for hydroxylation is 1. The third-order valence-corrected chi connectivity index (χ3v) is 4.33. The maximum atomic E-state index is 11.8. The molecule has 0 spiro atoms. The molecule has 3 aromatic rings. The first-order chi connectivity index (χ1) is 11.1. The van der Waals surface area contributed by atoms with E-state index in [1.807, 2.05) is 31.2 Å². The van der Waals surface area contributed by atoms with E-state index in [-0.39, 0.29) is 11.6 Å². The first-order valence-corrected chi connectivity index (χ1v) is 8.01. The Kier molecular flexibility index (Phi) is 4.12. The van der Waals surface area contributed by atoms with E-state index in [2.05, 4.69) is 15.6 Å². The number of nitrogens with one attached hydrogen (secondary N) is 2. The number of amides is 2. The molecule has 2 heterocycles. The van der Waals surface area contributed by atoms with Crippen molar-refractivity contribution in [3.05, 3.63) is 46.9 Å². The van der Waals surface area contributed by atoms with Crippen LogP contribution in [0.4, 0.5) is 9.93 Å². The molecular formula is C16H16N4O2S. The third kappa shape index (κ3) is 3.24. The van der Waals surface area contributed by atoms with Gasteiger partial charge < -0.3 is 9.88 Å². The summed E-state index contributed by atoms with van der Waals surface area (Å²) in [6.07, 6.45) is 1.74. The first kappa shape index (κ1) is 15.2. The average molecular weight is 328 g/mol. The summed E-state index contributed by atoms with van der Waals surface area (Å²) < 4.78 is 2.50. The minimum Gasteiger partial charge on any atom is -0.338 e. The number of carbonyl (C=O) groups excluding carboxylic acids is 1. The van der Waals surface area contributed by atoms with Crippen LogP contribution >= 0.6 is 11.3 Å². The number of thiazole rings is 1. The first-order valence-electron chi connectivity index (χ1n) is 7.19. The van der Waals surface area contributed by atoms with Crippen LogP contribution in [0.1, 0.15) is 6.92 Å². The SMILES string of the molecule is CCNC(=O)Nc1nc2cc(-c3ccn(C)c(=O)c3)ccc2s1. The lowest BCUT2D eigenvalue weighted by molar-refractivity contribution is 0.252. The normalized spacial score (nSPS) is 10.7. The number of pyridine rings is 1. The molecule has 3 rings (SSSR count). The number of fused-ring (bicyclic) bond motifs is 1. The zero-order chi connectivity index (χ0) is 16.4. The Morgan fingerprint density at radius 1 is 1.26 bits per heavy atom. The lowest BCUT2D eigenvalue weighted by atomic mass is 10.1. The molecule has 2 N–H and O–H groups in total. The van der Waals surface area contributed by atoms with Gasteiger partial charge in [-0.1, -0.05) is 17.4 Å². The Morgan fingerprint density at radius 2 is 2.04 bits per heavy atom. The third-order valence-electron chi connectivity index (χ3n) is 3.38. The van der Waals surface area contributed by atoms with Crippen LogP contribution in [0.2, 0.25) is 0 Å². The number of rotatable bonds is 3. The molecule has 0 saturated heterocycles. The van der Waals surface area contributed by atoms with Crippen molar-refractivity contribution in [2.24, 2.45) is 7.05 Å². The van der Waals surface area contributed by atoms with E-state index in [1.54, 1.807) is 19.3 Å². The average Bonchev–Trinajstić information content (AvgIpc) is 2.91. The minimum atomic E-state index is -0.265. The molecule has 118 valence electrons. The molecule has 0 aliphatic heterocycles. The number of hydrogen-bond donors (Lipinski definition) is 2. The van der Waals surface area contributed by atoms with E-state index >= 15 is 0 Å². The Morgan fingerprint density at radius 3 is 2.78 bits per heavy atom. The highest BCUT2D eigenvalue weighted by Crippen LogP contribution is 2.29. The van der Waals surface area contributed by atoms with Crippen LogP contribution in [-0.2, 0) is 7.05 Å². The molecule has 0 saturated carbocycles. The van der Waals surface area contributed by atoms with Crippen molar-refractivity contribution in [1.82, 2.24) is 14.9 Å². The second-order valence-corrected chi connectivity index (χ2v) is 6.08. The number of hydrogen-bond acceptors (Lipinski definition) is 4. The van der Waals surface area contributed by atoms with Gasteiger partial charge in [0.15, 0.2) is 5.13 Å². The molecular weight excluding hydrogens is 312 g/mol. The summed E-state index contributed by atoms with van der Waals surface area (Å²) in [4.78, 5) is 27.7. The Labute approximate surface area is 136 Å². The van der Waals surface area contributed by atoms with E-state index in [0.717, 1.165) is 21.3 Å². The smallest absolute Gasteiger partial charge is 0.321 e. The largest absolute Gasteiger partial charge is 0.338 e. The van der Waals surface area contributed by atoms with Crippen LogP contribution in [-0.4, -0.2) is 22.1 Å². The number of benzene rings is 1. The predicted molar refractivity (Wildman–Crippen MR) is 93.0 cm³/mol. The number of nitrogens with zero attached hydrogens (tertiary/aromatic N) is 2. The molecule has 6 nitrogen and oxygen atoms in total. The van der Waals surface area contributed by atoms with E-state index in [4.69, 9.17) is 0 Å². The van der Waals surface area contributed by atoms with Gasteiger partial charge in [0, 0.05) is 25.9 Å². The predicted octanol–water partition coefficient (Wildman–Crippen LogP) is 2.80. The summed E-state index contributed by atoms with van der Waals surface area (Å²) in [5.41, 5.74) is 2.51. The fourth-order valence-corrected chi connectivity index (χ4v) is 3.03. The van der Waals surface area contributed by atoms with E-state index in [1.165, 1.54) is 15.9 Å². The van der Waals surface area contributed by atoms with Crippen molar-refractivity contribution in [2.75, 3.05) is 11.9 Å². The highest BCUT2D eigenvalue weighted by Gasteiger charge is 2.08. The van der Waals surface area contributed by atoms with Gasteiger partial charge in [0.05, 0.1) is 10.2 Å². The number of anilines is 1. The summed E-state index contributed by atoms with van der Waals surface area (Å²) in [5.74, 6) is 0. The monoisotopic (exact) mass is 328 g/mol. The van der Waals surface area contributed by atoms with Gasteiger partial charge in [-0.3, -0.25) is 10.1 Å². The number of urea groups is 1. The van der Waals surface area contributed by atoms with Crippen LogP contribution < -0.4 is 16.2 Å². The lowest BCUT2D eigenvalue weighted by Crippen LogP contribution is -2.28. The Bertz CT molecular complexity index is 929. The Balaban J connectivity index is 1.94. The van der Waals surface area contributed by atoms with Crippen LogP contribution in [0.15, 0.2) is 41.3 Å². The second-order valence-electron chi connectivity index (χ2n) is 5.05. The van der Waals surface area contributed by atoms with Crippen molar-refractivity contribution in [1.29, 1.82) is 0 Å². The van der Waals surface area contributed by atoms with Crippen molar-refractivity contribution >= 4 is 32.7 Å². The zero-order valence-electron chi connectivity index (χ0n) is 12.8. The summed E-state index contributed by atoms with van der Waals surface area (Å²) in [5, 5.41) is 5.93. The van der Waals surface area contributed by atoms with Crippen molar-refractivity contribution in [3.8, 4) is 11.1 Å². The molecule has 23 heavy (non-hydrogen) atoms. The van der Waals surface area contributed by atoms with Crippen LogP contribution in [0.25, 0.3) is 21.3 Å². The summed E-state index contributed by atoms with van der Waals surface area (Å²) >= 11 is 1.41. The van der Waals surface area contributed by atoms with Gasteiger partial charge in [-0.05, 0) is 36.2 Å². The Hall–Kier alpha value is -2.67. The van der Waals surface area contributed by atoms with Crippen LogP contribution in [0.3, 0.4) is 0 Å². The molecule has 0 aliphatic carbocycles. The number of aromatic nitrogens is 2. The van der Waals surface area contributed by atoms with E-state index in [0.29, 0.717) is 11.7 Å². The van der Waals surface area contributed by atoms with Crippen molar-refractivity contribution in [3.63, 3.8) is 0 Å². The maximum Gasteiger partial charge on any atom is 0.321 e. The van der Waals surface area contributed by atoms with Crippen molar-refractivity contribution in [2.45, 2.75) is 6.92 Å². The molecule has 0 radical (unpaired) electrons. The molecule has 7 heteroatoms. The van der Waals surface area contributed by atoms with Crippen LogP contribution in [0.5, 0.6) is 0 Å². The van der Waals surface area contributed by atoms with Gasteiger partial charge in [-0.15, -0.1) is 0 Å². The summed E-state index contributed by atoms with van der Waals surface area (Å²) in [7, 11) is 1.72.